The van der Waals surface area contributed by atoms with E-state index < -0.39 is 15.8 Å². The second-order valence-corrected chi connectivity index (χ2v) is 6.66. The number of nitrogens with zero attached hydrogens (tertiary/aromatic N) is 3. The molecule has 0 bridgehead atoms. The van der Waals surface area contributed by atoms with E-state index >= 15 is 0 Å². The summed E-state index contributed by atoms with van der Waals surface area (Å²) in [5, 5.41) is 7.06. The third kappa shape index (κ3) is 2.69. The number of halogens is 1. The molecule has 2 aromatic rings. The molecule has 1 saturated heterocycles. The van der Waals surface area contributed by atoms with E-state index in [1.807, 2.05) is 0 Å². The predicted octanol–water partition coefficient (Wildman–Crippen LogP) is 0.605. The Hall–Kier alpha value is -1.77. The van der Waals surface area contributed by atoms with Gasteiger partial charge in [-0.1, -0.05) is 12.1 Å². The maximum absolute atomic E-state index is 13.7. The summed E-state index contributed by atoms with van der Waals surface area (Å²) < 4.78 is 41.3. The molecule has 6 nitrogen and oxygen atoms in total. The van der Waals surface area contributed by atoms with Gasteiger partial charge in [-0.05, 0) is 12.1 Å². The molecule has 112 valence electrons. The lowest BCUT2D eigenvalue weighted by atomic mass is 10.3. The topological polar surface area (TPSA) is 67.2 Å². The van der Waals surface area contributed by atoms with Crippen molar-refractivity contribution in [3.63, 3.8) is 0 Å². The number of piperazine rings is 1. The highest BCUT2D eigenvalue weighted by atomic mass is 32.2. The number of benzene rings is 1. The Morgan fingerprint density at radius 3 is 2.62 bits per heavy atom. The molecule has 1 N–H and O–H groups in total. The van der Waals surface area contributed by atoms with E-state index in [1.54, 1.807) is 18.2 Å². The van der Waals surface area contributed by atoms with Gasteiger partial charge in [0.15, 0.2) is 0 Å². The normalized spacial score (nSPS) is 17.0. The SMILES string of the molecule is O=S(=O)(c1cnn(-c2ccccc2F)c1)N1CCNCC1. The predicted molar refractivity (Wildman–Crippen MR) is 75.2 cm³/mol. The smallest absolute Gasteiger partial charge is 0.246 e. The van der Waals surface area contributed by atoms with Gasteiger partial charge in [-0.2, -0.15) is 9.40 Å². The van der Waals surface area contributed by atoms with Crippen LogP contribution in [0.5, 0.6) is 0 Å². The van der Waals surface area contributed by atoms with Crippen LogP contribution in [-0.2, 0) is 10.0 Å². The van der Waals surface area contributed by atoms with Gasteiger partial charge >= 0.3 is 0 Å². The molecule has 0 amide bonds. The lowest BCUT2D eigenvalue weighted by Gasteiger charge is -2.25. The third-order valence-electron chi connectivity index (χ3n) is 3.37. The number of hydrogen-bond acceptors (Lipinski definition) is 4. The molecule has 1 aromatic carbocycles. The highest BCUT2D eigenvalue weighted by molar-refractivity contribution is 7.89. The van der Waals surface area contributed by atoms with Crippen molar-refractivity contribution in [3.8, 4) is 5.69 Å². The minimum Gasteiger partial charge on any atom is -0.314 e. The molecule has 1 aliphatic rings. The van der Waals surface area contributed by atoms with Crippen LogP contribution in [0.15, 0.2) is 41.6 Å². The molecule has 2 heterocycles. The molecule has 21 heavy (non-hydrogen) atoms. The van der Waals surface area contributed by atoms with Crippen molar-refractivity contribution in [3.05, 3.63) is 42.5 Å². The van der Waals surface area contributed by atoms with Crippen molar-refractivity contribution in [2.45, 2.75) is 4.90 Å². The van der Waals surface area contributed by atoms with E-state index in [-0.39, 0.29) is 10.6 Å². The van der Waals surface area contributed by atoms with Gasteiger partial charge in [-0.25, -0.2) is 17.5 Å². The first-order valence-electron chi connectivity index (χ1n) is 6.59. The summed E-state index contributed by atoms with van der Waals surface area (Å²) in [5.41, 5.74) is 0.222. The van der Waals surface area contributed by atoms with Crippen LogP contribution in [0.2, 0.25) is 0 Å². The zero-order valence-electron chi connectivity index (χ0n) is 11.2. The van der Waals surface area contributed by atoms with E-state index in [1.165, 1.54) is 27.4 Å². The number of hydrogen-bond donors (Lipinski definition) is 1. The fraction of sp³-hybridized carbons (Fsp3) is 0.308. The Morgan fingerprint density at radius 2 is 1.90 bits per heavy atom. The Kier molecular flexibility index (Phi) is 3.75. The van der Waals surface area contributed by atoms with Crippen molar-refractivity contribution >= 4 is 10.0 Å². The summed E-state index contributed by atoms with van der Waals surface area (Å²) in [4.78, 5) is 0.0765. The maximum atomic E-state index is 13.7. The minimum atomic E-state index is -3.57. The standard InChI is InChI=1S/C13H15FN4O2S/c14-12-3-1-2-4-13(12)18-10-11(9-16-18)21(19,20)17-7-5-15-6-8-17/h1-4,9-10,15H,5-8H2. The first-order chi connectivity index (χ1) is 10.1. The molecule has 0 radical (unpaired) electrons. The Labute approximate surface area is 122 Å². The number of nitrogens with one attached hydrogen (secondary N) is 1. The van der Waals surface area contributed by atoms with Crippen LogP contribution >= 0.6 is 0 Å². The van der Waals surface area contributed by atoms with E-state index in [9.17, 15) is 12.8 Å². The van der Waals surface area contributed by atoms with Crippen molar-refractivity contribution in [2.24, 2.45) is 0 Å². The van der Waals surface area contributed by atoms with E-state index in [4.69, 9.17) is 0 Å². The Bertz CT molecular complexity index is 738. The van der Waals surface area contributed by atoms with E-state index in [0.29, 0.717) is 26.2 Å². The molecule has 0 unspecified atom stereocenters. The Balaban J connectivity index is 1.93. The van der Waals surface area contributed by atoms with Gasteiger partial charge in [0.05, 0.1) is 12.4 Å². The van der Waals surface area contributed by atoms with Crippen molar-refractivity contribution in [1.82, 2.24) is 19.4 Å². The zero-order valence-corrected chi connectivity index (χ0v) is 12.1. The number of para-hydroxylation sites is 1. The Morgan fingerprint density at radius 1 is 1.19 bits per heavy atom. The maximum Gasteiger partial charge on any atom is 0.246 e. The van der Waals surface area contributed by atoms with Crippen LogP contribution in [-0.4, -0.2) is 48.7 Å². The molecule has 1 aliphatic heterocycles. The lowest BCUT2D eigenvalue weighted by Crippen LogP contribution is -2.46. The van der Waals surface area contributed by atoms with Crippen LogP contribution in [0.25, 0.3) is 5.69 Å². The van der Waals surface area contributed by atoms with Gasteiger partial charge in [-0.3, -0.25) is 0 Å². The summed E-state index contributed by atoms with van der Waals surface area (Å²) >= 11 is 0. The first-order valence-corrected chi connectivity index (χ1v) is 8.03. The quantitative estimate of drug-likeness (QED) is 0.902. The van der Waals surface area contributed by atoms with Gasteiger partial charge in [-0.15, -0.1) is 0 Å². The molecule has 0 aliphatic carbocycles. The average Bonchev–Trinajstić information content (AvgIpc) is 2.99. The van der Waals surface area contributed by atoms with Gasteiger partial charge in [0.1, 0.15) is 16.4 Å². The molecule has 0 atom stereocenters. The number of sulfonamides is 1. The summed E-state index contributed by atoms with van der Waals surface area (Å²) in [6.45, 7) is 2.10. The minimum absolute atomic E-state index is 0.0765. The summed E-state index contributed by atoms with van der Waals surface area (Å²) in [6, 6.07) is 6.09. The molecule has 8 heteroatoms. The van der Waals surface area contributed by atoms with Crippen molar-refractivity contribution in [2.75, 3.05) is 26.2 Å². The highest BCUT2D eigenvalue weighted by Gasteiger charge is 2.27. The summed E-state index contributed by atoms with van der Waals surface area (Å²) in [7, 11) is -3.57. The number of rotatable bonds is 3. The van der Waals surface area contributed by atoms with Crippen LogP contribution in [0.3, 0.4) is 0 Å². The average molecular weight is 310 g/mol. The lowest BCUT2D eigenvalue weighted by molar-refractivity contribution is 0.360. The summed E-state index contributed by atoms with van der Waals surface area (Å²) in [6.07, 6.45) is 2.60. The first kappa shape index (κ1) is 14.2. The monoisotopic (exact) mass is 310 g/mol. The number of aromatic nitrogens is 2. The van der Waals surface area contributed by atoms with E-state index in [0.717, 1.165) is 0 Å². The van der Waals surface area contributed by atoms with Crippen LogP contribution in [0, 0.1) is 5.82 Å². The van der Waals surface area contributed by atoms with Crippen molar-refractivity contribution in [1.29, 1.82) is 0 Å². The highest BCUT2D eigenvalue weighted by Crippen LogP contribution is 2.18. The molecule has 0 saturated carbocycles. The van der Waals surface area contributed by atoms with Crippen LogP contribution in [0.1, 0.15) is 0 Å². The molecule has 1 aromatic heterocycles. The summed E-state index contributed by atoms with van der Waals surface area (Å²) in [5.74, 6) is -0.452. The van der Waals surface area contributed by atoms with Gasteiger partial charge in [0, 0.05) is 26.2 Å². The second-order valence-electron chi connectivity index (χ2n) is 4.73. The molecule has 3 rings (SSSR count). The van der Waals surface area contributed by atoms with Gasteiger partial charge in [0.25, 0.3) is 0 Å². The van der Waals surface area contributed by atoms with Crippen LogP contribution < -0.4 is 5.32 Å². The fourth-order valence-corrected chi connectivity index (χ4v) is 3.62. The molecular formula is C13H15FN4O2S. The molecule has 0 spiro atoms. The van der Waals surface area contributed by atoms with E-state index in [2.05, 4.69) is 10.4 Å². The molecular weight excluding hydrogens is 295 g/mol. The van der Waals surface area contributed by atoms with Gasteiger partial charge < -0.3 is 5.32 Å². The largest absolute Gasteiger partial charge is 0.314 e. The van der Waals surface area contributed by atoms with Crippen molar-refractivity contribution < 1.29 is 12.8 Å². The molecule has 1 fully saturated rings. The van der Waals surface area contributed by atoms with Gasteiger partial charge in [0.2, 0.25) is 10.0 Å². The zero-order chi connectivity index (χ0) is 14.9. The fourth-order valence-electron chi connectivity index (χ4n) is 2.24. The second kappa shape index (κ2) is 5.55. The third-order valence-corrected chi connectivity index (χ3v) is 5.22. The van der Waals surface area contributed by atoms with Crippen LogP contribution in [0.4, 0.5) is 4.39 Å².